The average Bonchev–Trinajstić information content (AvgIpc) is 3.20. The summed E-state index contributed by atoms with van der Waals surface area (Å²) in [7, 11) is 1.82. The highest BCUT2D eigenvalue weighted by Crippen LogP contribution is 2.49. The maximum absolute atomic E-state index is 13.4. The SMILES string of the molecule is CN1C[C@H](c2ccccc2)[C@]2(CCN(C(=O)c3ccnc(F)c3)C2)C1=O. The smallest absolute Gasteiger partial charge is 0.254 e. The van der Waals surface area contributed by atoms with E-state index in [0.29, 0.717) is 26.1 Å². The molecule has 0 N–H and O–H groups in total. The van der Waals surface area contributed by atoms with E-state index in [9.17, 15) is 14.0 Å². The van der Waals surface area contributed by atoms with Gasteiger partial charge in [0.05, 0.1) is 5.41 Å². The third-order valence-electron chi connectivity index (χ3n) is 5.66. The molecule has 2 fully saturated rings. The molecule has 2 aromatic rings. The van der Waals surface area contributed by atoms with Crippen molar-refractivity contribution in [3.8, 4) is 0 Å². The van der Waals surface area contributed by atoms with Gasteiger partial charge in [0.2, 0.25) is 11.9 Å². The standard InChI is InChI=1S/C20H20FN3O2/c1-23-12-16(14-5-3-2-4-6-14)20(19(23)26)8-10-24(13-20)18(25)15-7-9-22-17(21)11-15/h2-7,9,11,16H,8,10,12-13H2,1H3/t16-,20-/m1/s1. The topological polar surface area (TPSA) is 53.5 Å². The van der Waals surface area contributed by atoms with Crippen LogP contribution < -0.4 is 0 Å². The van der Waals surface area contributed by atoms with E-state index in [-0.39, 0.29) is 23.3 Å². The summed E-state index contributed by atoms with van der Waals surface area (Å²) in [4.78, 5) is 32.7. The van der Waals surface area contributed by atoms with Crippen LogP contribution in [0.5, 0.6) is 0 Å². The monoisotopic (exact) mass is 353 g/mol. The Morgan fingerprint density at radius 2 is 2.04 bits per heavy atom. The van der Waals surface area contributed by atoms with Gasteiger partial charge in [0.15, 0.2) is 0 Å². The second-order valence-corrected chi connectivity index (χ2v) is 7.15. The second-order valence-electron chi connectivity index (χ2n) is 7.15. The van der Waals surface area contributed by atoms with Crippen LogP contribution in [0.25, 0.3) is 0 Å². The fourth-order valence-electron chi connectivity index (χ4n) is 4.35. The zero-order valence-corrected chi connectivity index (χ0v) is 14.6. The van der Waals surface area contributed by atoms with Gasteiger partial charge in [-0.3, -0.25) is 9.59 Å². The lowest BCUT2D eigenvalue weighted by Crippen LogP contribution is -2.39. The van der Waals surface area contributed by atoms with Gasteiger partial charge >= 0.3 is 0 Å². The summed E-state index contributed by atoms with van der Waals surface area (Å²) in [6, 6.07) is 12.6. The Kier molecular flexibility index (Phi) is 3.98. The van der Waals surface area contributed by atoms with Crippen molar-refractivity contribution < 1.29 is 14.0 Å². The Labute approximate surface area is 151 Å². The molecular weight excluding hydrogens is 333 g/mol. The second kappa shape index (κ2) is 6.20. The van der Waals surface area contributed by atoms with Crippen molar-refractivity contribution in [2.75, 3.05) is 26.7 Å². The van der Waals surface area contributed by atoms with Crippen LogP contribution in [0, 0.1) is 11.4 Å². The van der Waals surface area contributed by atoms with Crippen LogP contribution >= 0.6 is 0 Å². The molecule has 134 valence electrons. The molecule has 26 heavy (non-hydrogen) atoms. The number of aromatic nitrogens is 1. The van der Waals surface area contributed by atoms with Crippen LogP contribution in [-0.4, -0.2) is 53.3 Å². The van der Waals surface area contributed by atoms with Crippen LogP contribution in [-0.2, 0) is 4.79 Å². The largest absolute Gasteiger partial charge is 0.345 e. The number of hydrogen-bond acceptors (Lipinski definition) is 3. The van der Waals surface area contributed by atoms with Gasteiger partial charge in [-0.2, -0.15) is 4.39 Å². The number of nitrogens with zero attached hydrogens (tertiary/aromatic N) is 3. The van der Waals surface area contributed by atoms with Crippen LogP contribution in [0.4, 0.5) is 4.39 Å². The number of halogens is 1. The van der Waals surface area contributed by atoms with Crippen molar-refractivity contribution in [1.29, 1.82) is 0 Å². The van der Waals surface area contributed by atoms with Crippen molar-refractivity contribution in [3.63, 3.8) is 0 Å². The Balaban J connectivity index is 1.64. The third-order valence-corrected chi connectivity index (χ3v) is 5.66. The molecule has 2 aliphatic rings. The summed E-state index contributed by atoms with van der Waals surface area (Å²) in [6.07, 6.45) is 1.91. The first kappa shape index (κ1) is 16.7. The van der Waals surface area contributed by atoms with E-state index >= 15 is 0 Å². The lowest BCUT2D eigenvalue weighted by Gasteiger charge is -2.28. The molecule has 0 aliphatic carbocycles. The molecule has 4 rings (SSSR count). The molecular formula is C20H20FN3O2. The highest BCUT2D eigenvalue weighted by Gasteiger charge is 2.57. The molecule has 0 unspecified atom stereocenters. The van der Waals surface area contributed by atoms with E-state index in [2.05, 4.69) is 4.98 Å². The van der Waals surface area contributed by atoms with Crippen molar-refractivity contribution in [2.24, 2.45) is 5.41 Å². The van der Waals surface area contributed by atoms with Crippen LogP contribution in [0.1, 0.15) is 28.3 Å². The molecule has 2 saturated heterocycles. The summed E-state index contributed by atoms with van der Waals surface area (Å²) < 4.78 is 13.4. The molecule has 0 radical (unpaired) electrons. The highest BCUT2D eigenvalue weighted by atomic mass is 19.1. The number of benzene rings is 1. The summed E-state index contributed by atoms with van der Waals surface area (Å²) in [6.45, 7) is 1.50. The summed E-state index contributed by atoms with van der Waals surface area (Å²) in [5, 5.41) is 0. The minimum absolute atomic E-state index is 0.0492. The molecule has 1 spiro atoms. The number of rotatable bonds is 2. The Hall–Kier alpha value is -2.76. The van der Waals surface area contributed by atoms with Crippen LogP contribution in [0.2, 0.25) is 0 Å². The number of amides is 2. The van der Waals surface area contributed by atoms with Crippen molar-refractivity contribution in [1.82, 2.24) is 14.8 Å². The minimum atomic E-state index is -0.677. The molecule has 6 heteroatoms. The highest BCUT2D eigenvalue weighted by molar-refractivity contribution is 5.96. The summed E-state index contributed by atoms with van der Waals surface area (Å²) in [5.41, 5.74) is 0.788. The van der Waals surface area contributed by atoms with E-state index in [1.54, 1.807) is 9.80 Å². The number of carbonyl (C=O) groups excluding carboxylic acids is 2. The van der Waals surface area contributed by atoms with E-state index in [1.165, 1.54) is 12.3 Å². The summed E-state index contributed by atoms with van der Waals surface area (Å²) >= 11 is 0. The predicted octanol–water partition coefficient (Wildman–Crippen LogP) is 2.31. The van der Waals surface area contributed by atoms with Gasteiger partial charge in [-0.25, -0.2) is 4.98 Å². The van der Waals surface area contributed by atoms with Gasteiger partial charge in [0.1, 0.15) is 0 Å². The zero-order valence-electron chi connectivity index (χ0n) is 14.6. The lowest BCUT2D eigenvalue weighted by atomic mass is 9.73. The zero-order chi connectivity index (χ0) is 18.3. The van der Waals surface area contributed by atoms with Crippen molar-refractivity contribution in [3.05, 3.63) is 65.7 Å². The molecule has 5 nitrogen and oxygen atoms in total. The number of hydrogen-bond donors (Lipinski definition) is 0. The molecule has 2 aliphatic heterocycles. The maximum atomic E-state index is 13.4. The van der Waals surface area contributed by atoms with Gasteiger partial charge in [0.25, 0.3) is 5.91 Å². The van der Waals surface area contributed by atoms with Crippen molar-refractivity contribution in [2.45, 2.75) is 12.3 Å². The van der Waals surface area contributed by atoms with E-state index in [0.717, 1.165) is 11.6 Å². The van der Waals surface area contributed by atoms with Gasteiger partial charge in [-0.1, -0.05) is 30.3 Å². The van der Waals surface area contributed by atoms with Crippen LogP contribution in [0.3, 0.4) is 0 Å². The quantitative estimate of drug-likeness (QED) is 0.779. The van der Waals surface area contributed by atoms with Crippen LogP contribution in [0.15, 0.2) is 48.7 Å². The Morgan fingerprint density at radius 1 is 1.27 bits per heavy atom. The first-order valence-electron chi connectivity index (χ1n) is 8.72. The minimum Gasteiger partial charge on any atom is -0.345 e. The average molecular weight is 353 g/mol. The van der Waals surface area contributed by atoms with Crippen molar-refractivity contribution >= 4 is 11.8 Å². The van der Waals surface area contributed by atoms with Gasteiger partial charge in [-0.05, 0) is 18.1 Å². The van der Waals surface area contributed by atoms with E-state index in [4.69, 9.17) is 0 Å². The molecule has 0 bridgehead atoms. The fraction of sp³-hybridized carbons (Fsp3) is 0.350. The molecule has 2 amide bonds. The predicted molar refractivity (Wildman–Crippen MR) is 94.0 cm³/mol. The molecule has 2 atom stereocenters. The fourth-order valence-corrected chi connectivity index (χ4v) is 4.35. The van der Waals surface area contributed by atoms with Gasteiger partial charge in [-0.15, -0.1) is 0 Å². The molecule has 3 heterocycles. The molecule has 0 saturated carbocycles. The Morgan fingerprint density at radius 3 is 2.77 bits per heavy atom. The first-order chi connectivity index (χ1) is 12.5. The number of likely N-dealkylation sites (tertiary alicyclic amines) is 2. The third kappa shape index (κ3) is 2.57. The maximum Gasteiger partial charge on any atom is 0.254 e. The normalized spacial score (nSPS) is 25.3. The van der Waals surface area contributed by atoms with E-state index in [1.807, 2.05) is 37.4 Å². The van der Waals surface area contributed by atoms with Gasteiger partial charge < -0.3 is 9.80 Å². The summed E-state index contributed by atoms with van der Waals surface area (Å²) in [5.74, 6) is -0.795. The molecule has 1 aromatic carbocycles. The van der Waals surface area contributed by atoms with Gasteiger partial charge in [0, 0.05) is 50.4 Å². The van der Waals surface area contributed by atoms with E-state index < -0.39 is 11.4 Å². The molecule has 1 aromatic heterocycles. The first-order valence-corrected chi connectivity index (χ1v) is 8.72. The lowest BCUT2D eigenvalue weighted by molar-refractivity contribution is -0.134. The number of pyridine rings is 1. The number of likely N-dealkylation sites (N-methyl/N-ethyl adjacent to an activating group) is 1. The Bertz CT molecular complexity index is 857. The number of carbonyl (C=O) groups is 2.